The second kappa shape index (κ2) is 9.26. The molecule has 0 saturated carbocycles. The van der Waals surface area contributed by atoms with Gasteiger partial charge in [0.05, 0.1) is 0 Å². The molecule has 0 atom stereocenters. The molecule has 1 N–H and O–H groups in total. The molecule has 134 valence electrons. The summed E-state index contributed by atoms with van der Waals surface area (Å²) in [6, 6.07) is 12.5. The fraction of sp³-hybridized carbons (Fsp3) is 0.409. The number of hydrogen-bond acceptors (Lipinski definition) is 2. The molecule has 0 aliphatic carbocycles. The van der Waals surface area contributed by atoms with Crippen LogP contribution in [0.25, 0.3) is 0 Å². The molecule has 2 aromatic carbocycles. The summed E-state index contributed by atoms with van der Waals surface area (Å²) in [7, 11) is 0. The number of carbonyl (C=O) groups is 1. The molecule has 2 aromatic rings. The Morgan fingerprint density at radius 1 is 0.960 bits per heavy atom. The van der Waals surface area contributed by atoms with Gasteiger partial charge < -0.3 is 10.1 Å². The van der Waals surface area contributed by atoms with E-state index in [0.29, 0.717) is 13.0 Å². The highest BCUT2D eigenvalue weighted by Gasteiger charge is 2.12. The highest BCUT2D eigenvalue weighted by atomic mass is 16.5. The summed E-state index contributed by atoms with van der Waals surface area (Å²) in [6.45, 7) is 8.75. The lowest BCUT2D eigenvalue weighted by atomic mass is 10.0. The van der Waals surface area contributed by atoms with Crippen molar-refractivity contribution in [2.24, 2.45) is 0 Å². The molecule has 0 saturated heterocycles. The van der Waals surface area contributed by atoms with Crippen LogP contribution in [0.5, 0.6) is 5.75 Å². The first-order valence-electron chi connectivity index (χ1n) is 9.28. The minimum atomic E-state index is 0.0241. The van der Waals surface area contributed by atoms with E-state index in [-0.39, 0.29) is 5.91 Å². The van der Waals surface area contributed by atoms with Crippen LogP contribution in [0, 0.1) is 0 Å². The zero-order chi connectivity index (χ0) is 18.2. The summed E-state index contributed by atoms with van der Waals surface area (Å²) in [4.78, 5) is 11.8. The van der Waals surface area contributed by atoms with Gasteiger partial charge >= 0.3 is 0 Å². The molecular formula is C22H29NO2. The van der Waals surface area contributed by atoms with Gasteiger partial charge in [0, 0.05) is 17.7 Å². The summed E-state index contributed by atoms with van der Waals surface area (Å²) in [5.41, 5.74) is 5.68. The molecule has 0 aliphatic rings. The van der Waals surface area contributed by atoms with Crippen LogP contribution >= 0.6 is 0 Å². The van der Waals surface area contributed by atoms with E-state index >= 15 is 0 Å². The summed E-state index contributed by atoms with van der Waals surface area (Å²) in [5.74, 6) is 0.953. The summed E-state index contributed by atoms with van der Waals surface area (Å²) in [6.07, 6.45) is 3.34. The molecule has 0 unspecified atom stereocenters. The average molecular weight is 339 g/mol. The third-order valence-electron chi connectivity index (χ3n) is 4.54. The van der Waals surface area contributed by atoms with Crippen molar-refractivity contribution < 1.29 is 9.53 Å². The number of nitrogens with one attached hydrogen (secondary N) is 1. The Kier molecular flexibility index (Phi) is 7.05. The molecule has 0 aliphatic heterocycles. The molecule has 25 heavy (non-hydrogen) atoms. The molecule has 0 radical (unpaired) electrons. The van der Waals surface area contributed by atoms with E-state index < -0.39 is 0 Å². The Bertz CT molecular complexity index is 722. The summed E-state index contributed by atoms with van der Waals surface area (Å²) >= 11 is 0. The predicted octanol–water partition coefficient (Wildman–Crippen LogP) is 5.30. The van der Waals surface area contributed by atoms with Crippen LogP contribution in [-0.2, 0) is 30.7 Å². The fourth-order valence-corrected chi connectivity index (χ4v) is 2.91. The topological polar surface area (TPSA) is 38.3 Å². The Morgan fingerprint density at radius 2 is 1.72 bits per heavy atom. The standard InChI is InChI=1S/C22H29NO2/c1-5-16-12-13-21(18(7-3)14-16)25-15-19-17(6-2)10-9-11-20(19)23-22(24)8-4/h9-14H,5-8,15H2,1-4H3,(H,23,24). The van der Waals surface area contributed by atoms with Gasteiger partial charge in [0.1, 0.15) is 12.4 Å². The smallest absolute Gasteiger partial charge is 0.224 e. The van der Waals surface area contributed by atoms with E-state index in [0.717, 1.165) is 36.3 Å². The Balaban J connectivity index is 2.26. The number of rotatable bonds is 8. The third kappa shape index (κ3) is 4.85. The number of anilines is 1. The van der Waals surface area contributed by atoms with Crippen LogP contribution in [0.15, 0.2) is 36.4 Å². The number of aryl methyl sites for hydroxylation is 3. The normalized spacial score (nSPS) is 10.6. The largest absolute Gasteiger partial charge is 0.489 e. The van der Waals surface area contributed by atoms with E-state index in [2.05, 4.69) is 50.4 Å². The lowest BCUT2D eigenvalue weighted by molar-refractivity contribution is -0.115. The van der Waals surface area contributed by atoms with Crippen LogP contribution in [0.1, 0.15) is 56.4 Å². The first-order chi connectivity index (χ1) is 12.1. The highest BCUT2D eigenvalue weighted by molar-refractivity contribution is 5.91. The first-order valence-corrected chi connectivity index (χ1v) is 9.28. The van der Waals surface area contributed by atoms with Gasteiger partial charge in [-0.2, -0.15) is 0 Å². The van der Waals surface area contributed by atoms with Crippen molar-refractivity contribution in [3.8, 4) is 5.75 Å². The maximum absolute atomic E-state index is 11.8. The second-order valence-electron chi connectivity index (χ2n) is 6.14. The zero-order valence-electron chi connectivity index (χ0n) is 15.8. The van der Waals surface area contributed by atoms with Crippen molar-refractivity contribution in [3.63, 3.8) is 0 Å². The van der Waals surface area contributed by atoms with Gasteiger partial charge in [-0.25, -0.2) is 0 Å². The van der Waals surface area contributed by atoms with Crippen LogP contribution in [-0.4, -0.2) is 5.91 Å². The van der Waals surface area contributed by atoms with Crippen LogP contribution in [0.2, 0.25) is 0 Å². The number of benzene rings is 2. The van der Waals surface area contributed by atoms with Crippen molar-refractivity contribution in [1.29, 1.82) is 0 Å². The molecule has 0 fully saturated rings. The predicted molar refractivity (Wildman–Crippen MR) is 104 cm³/mol. The van der Waals surface area contributed by atoms with E-state index in [1.165, 1.54) is 16.7 Å². The molecule has 0 spiro atoms. The van der Waals surface area contributed by atoms with E-state index in [1.54, 1.807) is 0 Å². The van der Waals surface area contributed by atoms with Crippen LogP contribution in [0.4, 0.5) is 5.69 Å². The minimum absolute atomic E-state index is 0.0241. The van der Waals surface area contributed by atoms with Gasteiger partial charge in [0.15, 0.2) is 0 Å². The van der Waals surface area contributed by atoms with Gasteiger partial charge in [-0.1, -0.05) is 52.0 Å². The van der Waals surface area contributed by atoms with Gasteiger partial charge in [-0.3, -0.25) is 4.79 Å². The SMILES string of the molecule is CCC(=O)Nc1cccc(CC)c1COc1ccc(CC)cc1CC. The molecule has 1 amide bonds. The maximum Gasteiger partial charge on any atom is 0.224 e. The fourth-order valence-electron chi connectivity index (χ4n) is 2.91. The lowest BCUT2D eigenvalue weighted by Crippen LogP contribution is -2.13. The lowest BCUT2D eigenvalue weighted by Gasteiger charge is -2.17. The number of ether oxygens (including phenoxy) is 1. The van der Waals surface area contributed by atoms with Gasteiger partial charge in [0.25, 0.3) is 0 Å². The minimum Gasteiger partial charge on any atom is -0.489 e. The number of amides is 1. The van der Waals surface area contributed by atoms with Crippen molar-refractivity contribution in [1.82, 2.24) is 0 Å². The quantitative estimate of drug-likeness (QED) is 0.708. The molecule has 3 heteroatoms. The van der Waals surface area contributed by atoms with E-state index in [9.17, 15) is 4.79 Å². The van der Waals surface area contributed by atoms with Crippen molar-refractivity contribution in [3.05, 3.63) is 58.7 Å². The molecule has 0 heterocycles. The van der Waals surface area contributed by atoms with Crippen molar-refractivity contribution in [2.45, 2.75) is 60.0 Å². The Labute approximate surface area is 151 Å². The first kappa shape index (κ1) is 19.0. The van der Waals surface area contributed by atoms with Gasteiger partial charge in [0.2, 0.25) is 5.91 Å². The number of hydrogen-bond donors (Lipinski definition) is 1. The molecular weight excluding hydrogens is 310 g/mol. The summed E-state index contributed by atoms with van der Waals surface area (Å²) < 4.78 is 6.16. The second-order valence-corrected chi connectivity index (χ2v) is 6.14. The number of carbonyl (C=O) groups excluding carboxylic acids is 1. The van der Waals surface area contributed by atoms with E-state index in [4.69, 9.17) is 4.74 Å². The maximum atomic E-state index is 11.8. The van der Waals surface area contributed by atoms with Crippen LogP contribution < -0.4 is 10.1 Å². The monoisotopic (exact) mass is 339 g/mol. The molecule has 2 rings (SSSR count). The third-order valence-corrected chi connectivity index (χ3v) is 4.54. The Morgan fingerprint density at radius 3 is 2.36 bits per heavy atom. The molecule has 3 nitrogen and oxygen atoms in total. The summed E-state index contributed by atoms with van der Waals surface area (Å²) in [5, 5.41) is 3.00. The van der Waals surface area contributed by atoms with Gasteiger partial charge in [-0.15, -0.1) is 0 Å². The molecule has 0 bridgehead atoms. The average Bonchev–Trinajstić information content (AvgIpc) is 2.66. The van der Waals surface area contributed by atoms with Crippen molar-refractivity contribution >= 4 is 11.6 Å². The van der Waals surface area contributed by atoms with Gasteiger partial charge in [-0.05, 0) is 48.1 Å². The van der Waals surface area contributed by atoms with Crippen LogP contribution in [0.3, 0.4) is 0 Å². The molecule has 0 aromatic heterocycles. The highest BCUT2D eigenvalue weighted by Crippen LogP contribution is 2.26. The zero-order valence-corrected chi connectivity index (χ0v) is 15.8. The van der Waals surface area contributed by atoms with E-state index in [1.807, 2.05) is 19.1 Å². The Hall–Kier alpha value is -2.29. The van der Waals surface area contributed by atoms with Crippen molar-refractivity contribution in [2.75, 3.05) is 5.32 Å².